The first kappa shape index (κ1) is 26.7. The van der Waals surface area contributed by atoms with Crippen LogP contribution in [0, 0.1) is 6.92 Å². The van der Waals surface area contributed by atoms with Crippen LogP contribution in [0.4, 0.5) is 5.69 Å². The van der Waals surface area contributed by atoms with E-state index in [9.17, 15) is 21.6 Å². The van der Waals surface area contributed by atoms with Crippen molar-refractivity contribution in [1.29, 1.82) is 0 Å². The number of sulfone groups is 1. The van der Waals surface area contributed by atoms with E-state index in [-0.39, 0.29) is 9.79 Å². The second-order valence-corrected chi connectivity index (χ2v) is 12.4. The highest BCUT2D eigenvalue weighted by molar-refractivity contribution is 7.93. The molecule has 0 saturated carbocycles. The van der Waals surface area contributed by atoms with Crippen LogP contribution in [0.3, 0.4) is 0 Å². The summed E-state index contributed by atoms with van der Waals surface area (Å²) in [6, 6.07) is 18.5. The van der Waals surface area contributed by atoms with Gasteiger partial charge in [0, 0.05) is 11.3 Å². The maximum Gasteiger partial charge on any atom is 0.264 e. The van der Waals surface area contributed by atoms with Gasteiger partial charge in [0.2, 0.25) is 5.91 Å². The first-order valence-electron chi connectivity index (χ1n) is 10.9. The summed E-state index contributed by atoms with van der Waals surface area (Å²) >= 11 is 5.93. The number of benzene rings is 3. The standard InChI is InChI=1S/C25H27ClN2O5S2/c1-4-23(19-9-13-21(14-10-19)34(3,30)31)27-25(29)17-28(24-8-6-5-7-18(24)2)35(32,33)22-15-11-20(26)12-16-22/h5-16,23H,4,17H2,1-3H3,(H,27,29). The van der Waals surface area contributed by atoms with Gasteiger partial charge in [0.05, 0.1) is 21.5 Å². The Bertz CT molecular complexity index is 1400. The molecule has 0 aliphatic heterocycles. The number of hydrogen-bond acceptors (Lipinski definition) is 5. The van der Waals surface area contributed by atoms with Crippen molar-refractivity contribution < 1.29 is 21.6 Å². The molecule has 0 aliphatic carbocycles. The molecule has 0 aromatic heterocycles. The number of amides is 1. The number of aryl methyl sites for hydroxylation is 1. The zero-order chi connectivity index (χ0) is 25.8. The molecule has 0 aliphatic rings. The average Bonchev–Trinajstić information content (AvgIpc) is 2.81. The van der Waals surface area contributed by atoms with Crippen LogP contribution >= 0.6 is 11.6 Å². The molecule has 1 amide bonds. The monoisotopic (exact) mass is 534 g/mol. The zero-order valence-electron chi connectivity index (χ0n) is 19.6. The fraction of sp³-hybridized carbons (Fsp3) is 0.240. The van der Waals surface area contributed by atoms with E-state index in [1.165, 1.54) is 36.4 Å². The molecule has 1 N–H and O–H groups in total. The van der Waals surface area contributed by atoms with Crippen LogP contribution in [-0.4, -0.2) is 35.5 Å². The molecule has 186 valence electrons. The Morgan fingerprint density at radius 1 is 0.914 bits per heavy atom. The Hall–Kier alpha value is -2.88. The summed E-state index contributed by atoms with van der Waals surface area (Å²) in [4.78, 5) is 13.3. The molecule has 0 spiro atoms. The summed E-state index contributed by atoms with van der Waals surface area (Å²) in [6.45, 7) is 3.21. The van der Waals surface area contributed by atoms with Crippen LogP contribution in [0.25, 0.3) is 0 Å². The molecular weight excluding hydrogens is 508 g/mol. The van der Waals surface area contributed by atoms with Gasteiger partial charge in [-0.05, 0) is 66.9 Å². The smallest absolute Gasteiger partial charge is 0.264 e. The lowest BCUT2D eigenvalue weighted by molar-refractivity contribution is -0.120. The number of carbonyl (C=O) groups is 1. The molecular formula is C25H27ClN2O5S2. The van der Waals surface area contributed by atoms with Gasteiger partial charge < -0.3 is 5.32 Å². The second kappa shape index (κ2) is 10.8. The summed E-state index contributed by atoms with van der Waals surface area (Å²) in [5, 5.41) is 3.28. The lowest BCUT2D eigenvalue weighted by Gasteiger charge is -2.27. The van der Waals surface area contributed by atoms with Crippen LogP contribution in [0.15, 0.2) is 82.6 Å². The van der Waals surface area contributed by atoms with Crippen LogP contribution in [0.2, 0.25) is 5.02 Å². The van der Waals surface area contributed by atoms with Crippen molar-refractivity contribution in [2.24, 2.45) is 0 Å². The highest BCUT2D eigenvalue weighted by Gasteiger charge is 2.29. The summed E-state index contributed by atoms with van der Waals surface area (Å²) in [6.07, 6.45) is 1.65. The van der Waals surface area contributed by atoms with Crippen molar-refractivity contribution in [2.75, 3.05) is 17.1 Å². The van der Waals surface area contributed by atoms with Crippen LogP contribution in [-0.2, 0) is 24.7 Å². The number of hydrogen-bond donors (Lipinski definition) is 1. The number of nitrogens with one attached hydrogen (secondary N) is 1. The summed E-state index contributed by atoms with van der Waals surface area (Å²) in [5.74, 6) is -0.496. The van der Waals surface area contributed by atoms with E-state index < -0.39 is 38.4 Å². The Kier molecular flexibility index (Phi) is 8.25. The summed E-state index contributed by atoms with van der Waals surface area (Å²) in [7, 11) is -7.41. The number of anilines is 1. The number of rotatable bonds is 9. The fourth-order valence-electron chi connectivity index (χ4n) is 3.62. The van der Waals surface area contributed by atoms with Crippen molar-refractivity contribution >= 4 is 43.1 Å². The maximum atomic E-state index is 13.5. The first-order chi connectivity index (χ1) is 16.4. The van der Waals surface area contributed by atoms with Gasteiger partial charge >= 0.3 is 0 Å². The van der Waals surface area contributed by atoms with Crippen molar-refractivity contribution in [3.8, 4) is 0 Å². The third kappa shape index (κ3) is 6.42. The molecule has 7 nitrogen and oxygen atoms in total. The second-order valence-electron chi connectivity index (χ2n) is 8.12. The predicted molar refractivity (Wildman–Crippen MR) is 138 cm³/mol. The van der Waals surface area contributed by atoms with E-state index >= 15 is 0 Å². The van der Waals surface area contributed by atoms with Crippen molar-refractivity contribution in [3.63, 3.8) is 0 Å². The van der Waals surface area contributed by atoms with E-state index in [0.29, 0.717) is 22.7 Å². The quantitative estimate of drug-likeness (QED) is 0.435. The van der Waals surface area contributed by atoms with Gasteiger partial charge in [-0.3, -0.25) is 9.10 Å². The minimum atomic E-state index is -4.07. The molecule has 0 radical (unpaired) electrons. The van der Waals surface area contributed by atoms with E-state index in [4.69, 9.17) is 11.6 Å². The first-order valence-corrected chi connectivity index (χ1v) is 14.6. The van der Waals surface area contributed by atoms with E-state index in [1.54, 1.807) is 43.3 Å². The highest BCUT2D eigenvalue weighted by atomic mass is 35.5. The van der Waals surface area contributed by atoms with E-state index in [2.05, 4.69) is 5.32 Å². The van der Waals surface area contributed by atoms with Gasteiger partial charge in [-0.15, -0.1) is 0 Å². The highest BCUT2D eigenvalue weighted by Crippen LogP contribution is 2.28. The van der Waals surface area contributed by atoms with Gasteiger partial charge in [-0.1, -0.05) is 48.9 Å². The molecule has 0 bridgehead atoms. The molecule has 1 atom stereocenters. The minimum Gasteiger partial charge on any atom is -0.348 e. The number of sulfonamides is 1. The summed E-state index contributed by atoms with van der Waals surface area (Å²) < 4.78 is 51.6. The van der Waals surface area contributed by atoms with Crippen molar-refractivity contribution in [1.82, 2.24) is 5.32 Å². The SMILES string of the molecule is CCC(NC(=O)CN(c1ccccc1C)S(=O)(=O)c1ccc(Cl)cc1)c1ccc(S(C)(=O)=O)cc1. The van der Waals surface area contributed by atoms with E-state index in [1.807, 2.05) is 6.92 Å². The lowest BCUT2D eigenvalue weighted by Crippen LogP contribution is -2.42. The molecule has 0 saturated heterocycles. The molecule has 3 aromatic rings. The zero-order valence-corrected chi connectivity index (χ0v) is 22.0. The fourth-order valence-corrected chi connectivity index (χ4v) is 5.86. The van der Waals surface area contributed by atoms with Crippen molar-refractivity contribution in [2.45, 2.75) is 36.1 Å². The van der Waals surface area contributed by atoms with Crippen LogP contribution < -0.4 is 9.62 Å². The Morgan fingerprint density at radius 2 is 1.49 bits per heavy atom. The number of nitrogens with zero attached hydrogens (tertiary/aromatic N) is 1. The molecule has 3 rings (SSSR count). The third-order valence-electron chi connectivity index (χ3n) is 5.53. The van der Waals surface area contributed by atoms with E-state index in [0.717, 1.165) is 16.1 Å². The van der Waals surface area contributed by atoms with Gasteiger partial charge in [0.15, 0.2) is 9.84 Å². The number of carbonyl (C=O) groups excluding carboxylic acids is 1. The molecule has 35 heavy (non-hydrogen) atoms. The molecule has 10 heteroatoms. The van der Waals surface area contributed by atoms with Gasteiger partial charge in [-0.2, -0.15) is 0 Å². The van der Waals surface area contributed by atoms with Crippen molar-refractivity contribution in [3.05, 3.63) is 88.9 Å². The molecule has 1 unspecified atom stereocenters. The largest absolute Gasteiger partial charge is 0.348 e. The molecule has 0 heterocycles. The summed E-state index contributed by atoms with van der Waals surface area (Å²) in [5.41, 5.74) is 1.81. The van der Waals surface area contributed by atoms with Gasteiger partial charge in [0.25, 0.3) is 10.0 Å². The Balaban J connectivity index is 1.90. The van der Waals surface area contributed by atoms with Crippen LogP contribution in [0.5, 0.6) is 0 Å². The van der Waals surface area contributed by atoms with Gasteiger partial charge in [0.1, 0.15) is 6.54 Å². The molecule has 0 fully saturated rings. The normalized spacial score (nSPS) is 12.7. The van der Waals surface area contributed by atoms with Crippen LogP contribution in [0.1, 0.15) is 30.5 Å². The predicted octanol–water partition coefficient (Wildman–Crippen LogP) is 4.51. The lowest BCUT2D eigenvalue weighted by atomic mass is 10.0. The Labute approximate surface area is 211 Å². The average molecular weight is 535 g/mol. The third-order valence-corrected chi connectivity index (χ3v) is 8.68. The Morgan fingerprint density at radius 3 is 2.03 bits per heavy atom. The maximum absolute atomic E-state index is 13.5. The number of halogens is 1. The van der Waals surface area contributed by atoms with Gasteiger partial charge in [-0.25, -0.2) is 16.8 Å². The number of para-hydroxylation sites is 1. The molecule has 3 aromatic carbocycles. The topological polar surface area (TPSA) is 101 Å². The minimum absolute atomic E-state index is 0.0151.